The van der Waals surface area contributed by atoms with Crippen LogP contribution in [0.2, 0.25) is 0 Å². The van der Waals surface area contributed by atoms with Gasteiger partial charge in [-0.1, -0.05) is 13.0 Å². The van der Waals surface area contributed by atoms with Gasteiger partial charge >= 0.3 is 0 Å². The summed E-state index contributed by atoms with van der Waals surface area (Å²) in [5.74, 6) is 0.664. The van der Waals surface area contributed by atoms with Crippen LogP contribution in [0.25, 0.3) is 0 Å². The highest BCUT2D eigenvalue weighted by molar-refractivity contribution is 6.00. The topological polar surface area (TPSA) is 64.3 Å². The van der Waals surface area contributed by atoms with Crippen LogP contribution < -0.4 is 15.8 Å². The maximum atomic E-state index is 11.7. The number of ether oxygens (including phenoxy) is 1. The van der Waals surface area contributed by atoms with Crippen molar-refractivity contribution in [3.63, 3.8) is 0 Å². The number of hydrogen-bond acceptors (Lipinski definition) is 3. The van der Waals surface area contributed by atoms with E-state index < -0.39 is 5.54 Å². The van der Waals surface area contributed by atoms with Crippen LogP contribution >= 0.6 is 0 Å². The van der Waals surface area contributed by atoms with Crippen molar-refractivity contribution < 1.29 is 9.53 Å². The van der Waals surface area contributed by atoms with E-state index in [-0.39, 0.29) is 5.91 Å². The predicted octanol–water partition coefficient (Wildman–Crippen LogP) is 1.91. The summed E-state index contributed by atoms with van der Waals surface area (Å²) in [5, 5.41) is 2.82. The van der Waals surface area contributed by atoms with Gasteiger partial charge in [0.15, 0.2) is 0 Å². The molecule has 0 aliphatic heterocycles. The molecule has 1 aliphatic rings. The minimum Gasteiger partial charge on any atom is -0.494 e. The number of amides is 1. The van der Waals surface area contributed by atoms with Crippen LogP contribution in [0.5, 0.6) is 5.75 Å². The molecular weight excluding hydrogens is 216 g/mol. The highest BCUT2D eigenvalue weighted by Gasteiger charge is 2.45. The first-order valence-corrected chi connectivity index (χ1v) is 5.97. The molecule has 0 atom stereocenters. The smallest absolute Gasteiger partial charge is 0.244 e. The van der Waals surface area contributed by atoms with Gasteiger partial charge in [0.25, 0.3) is 0 Å². The molecule has 2 rings (SSSR count). The van der Waals surface area contributed by atoms with Crippen LogP contribution in [-0.2, 0) is 4.79 Å². The summed E-state index contributed by atoms with van der Waals surface area (Å²) in [4.78, 5) is 11.7. The number of benzene rings is 1. The largest absolute Gasteiger partial charge is 0.494 e. The average molecular weight is 234 g/mol. The van der Waals surface area contributed by atoms with Crippen LogP contribution in [-0.4, -0.2) is 18.1 Å². The van der Waals surface area contributed by atoms with Gasteiger partial charge in [-0.3, -0.25) is 4.79 Å². The number of rotatable bonds is 5. The summed E-state index contributed by atoms with van der Waals surface area (Å²) < 4.78 is 5.50. The minimum atomic E-state index is -0.639. The van der Waals surface area contributed by atoms with Crippen molar-refractivity contribution in [1.82, 2.24) is 0 Å². The van der Waals surface area contributed by atoms with E-state index >= 15 is 0 Å². The lowest BCUT2D eigenvalue weighted by Gasteiger charge is -2.11. The summed E-state index contributed by atoms with van der Waals surface area (Å²) in [6.45, 7) is 2.73. The third kappa shape index (κ3) is 2.97. The predicted molar refractivity (Wildman–Crippen MR) is 67.0 cm³/mol. The Bertz CT molecular complexity index is 414. The van der Waals surface area contributed by atoms with Crippen LogP contribution in [0.3, 0.4) is 0 Å². The zero-order valence-corrected chi connectivity index (χ0v) is 10.0. The van der Waals surface area contributed by atoms with E-state index in [9.17, 15) is 4.79 Å². The molecule has 0 saturated heterocycles. The summed E-state index contributed by atoms with van der Waals surface area (Å²) in [6.07, 6.45) is 2.50. The molecule has 0 spiro atoms. The molecular formula is C13H18N2O2. The number of carbonyl (C=O) groups excluding carboxylic acids is 1. The molecule has 4 heteroatoms. The summed E-state index contributed by atoms with van der Waals surface area (Å²) in [5.41, 5.74) is 5.91. The number of anilines is 1. The molecule has 0 unspecified atom stereocenters. The van der Waals surface area contributed by atoms with Crippen molar-refractivity contribution in [3.8, 4) is 5.75 Å². The zero-order chi connectivity index (χ0) is 12.3. The van der Waals surface area contributed by atoms with E-state index in [0.29, 0.717) is 6.61 Å². The normalized spacial score (nSPS) is 16.4. The Morgan fingerprint density at radius 2 is 2.29 bits per heavy atom. The van der Waals surface area contributed by atoms with E-state index in [1.54, 1.807) is 0 Å². The van der Waals surface area contributed by atoms with Gasteiger partial charge in [0, 0.05) is 11.8 Å². The third-order valence-electron chi connectivity index (χ3n) is 2.81. The lowest BCUT2D eigenvalue weighted by molar-refractivity contribution is -0.118. The highest BCUT2D eigenvalue weighted by atomic mass is 16.5. The molecule has 1 aromatic rings. The van der Waals surface area contributed by atoms with Crippen molar-refractivity contribution >= 4 is 11.6 Å². The summed E-state index contributed by atoms with van der Waals surface area (Å²) in [6, 6.07) is 7.39. The second-order valence-electron chi connectivity index (χ2n) is 4.49. The fraction of sp³-hybridized carbons (Fsp3) is 0.462. The second-order valence-corrected chi connectivity index (χ2v) is 4.49. The first kappa shape index (κ1) is 11.9. The molecule has 0 bridgehead atoms. The monoisotopic (exact) mass is 234 g/mol. The van der Waals surface area contributed by atoms with E-state index in [4.69, 9.17) is 10.5 Å². The van der Waals surface area contributed by atoms with Gasteiger partial charge in [-0.15, -0.1) is 0 Å². The van der Waals surface area contributed by atoms with Crippen LogP contribution in [0, 0.1) is 0 Å². The van der Waals surface area contributed by atoms with Crippen LogP contribution in [0.15, 0.2) is 24.3 Å². The fourth-order valence-corrected chi connectivity index (χ4v) is 1.50. The number of carbonyl (C=O) groups is 1. The van der Waals surface area contributed by atoms with Crippen LogP contribution in [0.4, 0.5) is 5.69 Å². The van der Waals surface area contributed by atoms with Gasteiger partial charge in [0.2, 0.25) is 5.91 Å². The van der Waals surface area contributed by atoms with Gasteiger partial charge in [-0.2, -0.15) is 0 Å². The Labute approximate surface area is 101 Å². The number of hydrogen-bond donors (Lipinski definition) is 2. The minimum absolute atomic E-state index is 0.106. The molecule has 0 aromatic heterocycles. The maximum Gasteiger partial charge on any atom is 0.244 e. The second kappa shape index (κ2) is 4.75. The molecule has 17 heavy (non-hydrogen) atoms. The van der Waals surface area contributed by atoms with Crippen molar-refractivity contribution in [2.24, 2.45) is 5.73 Å². The Balaban J connectivity index is 1.98. The molecule has 92 valence electrons. The Morgan fingerprint density at radius 1 is 1.53 bits per heavy atom. The van der Waals surface area contributed by atoms with Gasteiger partial charge in [0.05, 0.1) is 12.1 Å². The van der Waals surface area contributed by atoms with Gasteiger partial charge in [0.1, 0.15) is 5.75 Å². The lowest BCUT2D eigenvalue weighted by Crippen LogP contribution is -2.37. The van der Waals surface area contributed by atoms with Gasteiger partial charge in [-0.25, -0.2) is 0 Å². The quantitative estimate of drug-likeness (QED) is 0.818. The highest BCUT2D eigenvalue weighted by Crippen LogP contribution is 2.33. The van der Waals surface area contributed by atoms with E-state index in [1.165, 1.54) is 0 Å². The number of nitrogens with two attached hydrogens (primary N) is 1. The van der Waals surface area contributed by atoms with Crippen molar-refractivity contribution in [1.29, 1.82) is 0 Å². The first-order chi connectivity index (χ1) is 8.14. The van der Waals surface area contributed by atoms with Crippen molar-refractivity contribution in [2.45, 2.75) is 31.7 Å². The SMILES string of the molecule is CCCOc1cccc(NC(=O)C2(N)CC2)c1. The van der Waals surface area contributed by atoms with Gasteiger partial charge in [-0.05, 0) is 31.4 Å². The molecule has 0 radical (unpaired) electrons. The molecule has 1 fully saturated rings. The van der Waals surface area contributed by atoms with Gasteiger partial charge < -0.3 is 15.8 Å². The van der Waals surface area contributed by atoms with Crippen molar-refractivity contribution in [3.05, 3.63) is 24.3 Å². The summed E-state index contributed by atoms with van der Waals surface area (Å²) in [7, 11) is 0. The van der Waals surface area contributed by atoms with E-state index in [0.717, 1.165) is 30.7 Å². The fourth-order valence-electron chi connectivity index (χ4n) is 1.50. The average Bonchev–Trinajstić information content (AvgIpc) is 3.07. The molecule has 1 amide bonds. The molecule has 4 nitrogen and oxygen atoms in total. The zero-order valence-electron chi connectivity index (χ0n) is 10.0. The Morgan fingerprint density at radius 3 is 2.94 bits per heavy atom. The van der Waals surface area contributed by atoms with E-state index in [1.807, 2.05) is 24.3 Å². The lowest BCUT2D eigenvalue weighted by atomic mass is 10.2. The molecule has 1 aliphatic carbocycles. The maximum absolute atomic E-state index is 11.7. The molecule has 1 aromatic carbocycles. The molecule has 3 N–H and O–H groups in total. The van der Waals surface area contributed by atoms with E-state index in [2.05, 4.69) is 12.2 Å². The third-order valence-corrected chi connectivity index (χ3v) is 2.81. The van der Waals surface area contributed by atoms with Crippen LogP contribution in [0.1, 0.15) is 26.2 Å². The Hall–Kier alpha value is -1.55. The Kier molecular flexibility index (Phi) is 3.33. The molecule has 1 saturated carbocycles. The van der Waals surface area contributed by atoms with Crippen molar-refractivity contribution in [2.75, 3.05) is 11.9 Å². The number of nitrogens with one attached hydrogen (secondary N) is 1. The first-order valence-electron chi connectivity index (χ1n) is 5.97. The standard InChI is InChI=1S/C13H18N2O2/c1-2-8-17-11-5-3-4-10(9-11)15-12(16)13(14)6-7-13/h3-5,9H,2,6-8,14H2,1H3,(H,15,16). The molecule has 0 heterocycles. The summed E-state index contributed by atoms with van der Waals surface area (Å²) >= 11 is 0.